The highest BCUT2D eigenvalue weighted by Gasteiger charge is 2.55. The standard InChI is InChI=1S/C23H25N3O4/c1-24-21(29)23(25(2)22(24)30)11-13-26(14-12-23)19(20(27)28)18-10-6-9-17(15-18)16-7-4-3-5-8-16/h3-10,15,19H,11-14H2,1-2H3,(H,27,28). The number of carboxylic acids is 1. The number of benzene rings is 2. The van der Waals surface area contributed by atoms with E-state index in [-0.39, 0.29) is 11.9 Å². The lowest BCUT2D eigenvalue weighted by Gasteiger charge is -2.42. The minimum Gasteiger partial charge on any atom is -0.480 e. The maximum atomic E-state index is 12.7. The first-order valence-electron chi connectivity index (χ1n) is 10.0. The van der Waals surface area contributed by atoms with Crippen molar-refractivity contribution >= 4 is 17.9 Å². The molecule has 2 aromatic carbocycles. The van der Waals surface area contributed by atoms with Crippen LogP contribution in [0.3, 0.4) is 0 Å². The average Bonchev–Trinajstić information content (AvgIpc) is 2.92. The first-order valence-corrected chi connectivity index (χ1v) is 10.0. The van der Waals surface area contributed by atoms with Crippen molar-refractivity contribution in [1.29, 1.82) is 0 Å². The van der Waals surface area contributed by atoms with E-state index in [1.165, 1.54) is 11.9 Å². The molecule has 7 nitrogen and oxygen atoms in total. The topological polar surface area (TPSA) is 81.2 Å². The smallest absolute Gasteiger partial charge is 0.327 e. The molecule has 1 N–H and O–H groups in total. The number of likely N-dealkylation sites (tertiary alicyclic amines) is 1. The molecule has 2 aliphatic heterocycles. The van der Waals surface area contributed by atoms with Crippen LogP contribution in [0.25, 0.3) is 11.1 Å². The molecular formula is C23H25N3O4. The molecule has 2 fully saturated rings. The summed E-state index contributed by atoms with van der Waals surface area (Å²) >= 11 is 0. The van der Waals surface area contributed by atoms with Crippen LogP contribution in [0.2, 0.25) is 0 Å². The molecule has 4 rings (SSSR count). The van der Waals surface area contributed by atoms with Gasteiger partial charge in [0.1, 0.15) is 11.6 Å². The Morgan fingerprint density at radius 3 is 2.17 bits per heavy atom. The van der Waals surface area contributed by atoms with E-state index in [9.17, 15) is 19.5 Å². The molecule has 1 atom stereocenters. The van der Waals surface area contributed by atoms with Crippen molar-refractivity contribution in [2.24, 2.45) is 0 Å². The highest BCUT2D eigenvalue weighted by molar-refractivity contribution is 6.06. The molecule has 0 radical (unpaired) electrons. The Morgan fingerprint density at radius 1 is 0.967 bits per heavy atom. The molecule has 0 bridgehead atoms. The second kappa shape index (κ2) is 7.57. The van der Waals surface area contributed by atoms with Crippen molar-refractivity contribution in [2.45, 2.75) is 24.4 Å². The quantitative estimate of drug-likeness (QED) is 0.789. The fourth-order valence-corrected chi connectivity index (χ4v) is 4.68. The zero-order valence-corrected chi connectivity index (χ0v) is 17.1. The van der Waals surface area contributed by atoms with Gasteiger partial charge in [-0.25, -0.2) is 4.79 Å². The number of aliphatic carboxylic acids is 1. The Bertz CT molecular complexity index is 983. The molecule has 2 aromatic rings. The zero-order chi connectivity index (χ0) is 21.5. The van der Waals surface area contributed by atoms with Gasteiger partial charge in [-0.3, -0.25) is 19.4 Å². The molecule has 0 aliphatic carbocycles. The maximum Gasteiger partial charge on any atom is 0.327 e. The van der Waals surface area contributed by atoms with Crippen LogP contribution in [0.1, 0.15) is 24.4 Å². The summed E-state index contributed by atoms with van der Waals surface area (Å²) in [4.78, 5) is 41.7. The Kier molecular flexibility index (Phi) is 5.07. The van der Waals surface area contributed by atoms with E-state index >= 15 is 0 Å². The average molecular weight is 407 g/mol. The summed E-state index contributed by atoms with van der Waals surface area (Å²) in [6.45, 7) is 0.841. The van der Waals surface area contributed by atoms with E-state index in [1.807, 2.05) is 59.5 Å². The van der Waals surface area contributed by atoms with Crippen LogP contribution < -0.4 is 0 Å². The number of imide groups is 1. The molecule has 2 heterocycles. The monoisotopic (exact) mass is 407 g/mol. The second-order valence-electron chi connectivity index (χ2n) is 8.01. The van der Waals surface area contributed by atoms with E-state index in [1.54, 1.807) is 7.05 Å². The third-order valence-corrected chi connectivity index (χ3v) is 6.45. The number of likely N-dealkylation sites (N-methyl/N-ethyl adjacent to an activating group) is 2. The van der Waals surface area contributed by atoms with Crippen molar-refractivity contribution in [3.8, 4) is 11.1 Å². The first-order chi connectivity index (χ1) is 14.3. The molecule has 7 heteroatoms. The van der Waals surface area contributed by atoms with Gasteiger partial charge in [-0.1, -0.05) is 48.5 Å². The Morgan fingerprint density at radius 2 is 1.60 bits per heavy atom. The SMILES string of the molecule is CN1C(=O)N(C)C2(CCN(C(C(=O)O)c3cccc(-c4ccccc4)c3)CC2)C1=O. The largest absolute Gasteiger partial charge is 0.480 e. The fraction of sp³-hybridized carbons (Fsp3) is 0.348. The van der Waals surface area contributed by atoms with Crippen LogP contribution in [-0.4, -0.2) is 70.4 Å². The summed E-state index contributed by atoms with van der Waals surface area (Å²) in [5, 5.41) is 10.0. The predicted octanol–water partition coefficient (Wildman–Crippen LogP) is 2.84. The van der Waals surface area contributed by atoms with Gasteiger partial charge in [-0.15, -0.1) is 0 Å². The summed E-state index contributed by atoms with van der Waals surface area (Å²) < 4.78 is 0. The molecule has 0 aromatic heterocycles. The van der Waals surface area contributed by atoms with Gasteiger partial charge in [0.2, 0.25) is 0 Å². The van der Waals surface area contributed by atoms with Crippen molar-refractivity contribution in [3.05, 3.63) is 60.2 Å². The van der Waals surface area contributed by atoms with Crippen molar-refractivity contribution in [1.82, 2.24) is 14.7 Å². The molecule has 1 spiro atoms. The zero-order valence-electron chi connectivity index (χ0n) is 17.1. The van der Waals surface area contributed by atoms with Gasteiger partial charge in [-0.05, 0) is 35.6 Å². The molecule has 2 saturated heterocycles. The Balaban J connectivity index is 1.58. The molecule has 0 saturated carbocycles. The number of piperidine rings is 1. The number of hydrogen-bond donors (Lipinski definition) is 1. The summed E-state index contributed by atoms with van der Waals surface area (Å²) in [6.07, 6.45) is 0.834. The minimum atomic E-state index is -0.921. The van der Waals surface area contributed by atoms with E-state index in [2.05, 4.69) is 0 Å². The van der Waals surface area contributed by atoms with E-state index in [0.717, 1.165) is 16.0 Å². The number of carboxylic acid groups (broad SMARTS) is 1. The Hall–Kier alpha value is -3.19. The van der Waals surface area contributed by atoms with Crippen molar-refractivity contribution in [3.63, 3.8) is 0 Å². The van der Waals surface area contributed by atoms with Crippen LogP contribution in [0.5, 0.6) is 0 Å². The highest BCUT2D eigenvalue weighted by Crippen LogP contribution is 2.38. The molecule has 1 unspecified atom stereocenters. The normalized spacial score (nSPS) is 20.1. The summed E-state index contributed by atoms with van der Waals surface area (Å²) in [5.41, 5.74) is 1.84. The van der Waals surface area contributed by atoms with Crippen LogP contribution in [0, 0.1) is 0 Å². The van der Waals surface area contributed by atoms with Crippen molar-refractivity contribution < 1.29 is 19.5 Å². The van der Waals surface area contributed by atoms with Gasteiger partial charge >= 0.3 is 12.0 Å². The predicted molar refractivity (Wildman–Crippen MR) is 112 cm³/mol. The number of carbonyl (C=O) groups is 3. The summed E-state index contributed by atoms with van der Waals surface area (Å²) in [7, 11) is 3.15. The number of rotatable bonds is 4. The lowest BCUT2D eigenvalue weighted by atomic mass is 9.85. The highest BCUT2D eigenvalue weighted by atomic mass is 16.4. The van der Waals surface area contributed by atoms with Gasteiger partial charge < -0.3 is 10.0 Å². The third kappa shape index (κ3) is 3.15. The number of carbonyl (C=O) groups excluding carboxylic acids is 2. The van der Waals surface area contributed by atoms with Gasteiger partial charge in [0, 0.05) is 27.2 Å². The van der Waals surface area contributed by atoms with Gasteiger partial charge in [0.05, 0.1) is 0 Å². The first kappa shape index (κ1) is 20.1. The molecule has 30 heavy (non-hydrogen) atoms. The molecule has 156 valence electrons. The third-order valence-electron chi connectivity index (χ3n) is 6.45. The summed E-state index contributed by atoms with van der Waals surface area (Å²) in [6, 6.07) is 16.3. The van der Waals surface area contributed by atoms with Crippen LogP contribution in [0.15, 0.2) is 54.6 Å². The van der Waals surface area contributed by atoms with Crippen LogP contribution >= 0.6 is 0 Å². The number of urea groups is 1. The van der Waals surface area contributed by atoms with Gasteiger partial charge in [0.25, 0.3) is 5.91 Å². The molecule has 2 aliphatic rings. The van der Waals surface area contributed by atoms with E-state index in [4.69, 9.17) is 0 Å². The molecule has 3 amide bonds. The van der Waals surface area contributed by atoms with Gasteiger partial charge in [0.15, 0.2) is 0 Å². The van der Waals surface area contributed by atoms with Crippen LogP contribution in [-0.2, 0) is 9.59 Å². The second-order valence-corrected chi connectivity index (χ2v) is 8.01. The lowest BCUT2D eigenvalue weighted by molar-refractivity contribution is -0.145. The molecular weight excluding hydrogens is 382 g/mol. The number of hydrogen-bond acceptors (Lipinski definition) is 4. The fourth-order valence-electron chi connectivity index (χ4n) is 4.68. The number of amides is 3. The number of nitrogens with zero attached hydrogens (tertiary/aromatic N) is 3. The van der Waals surface area contributed by atoms with Crippen molar-refractivity contribution in [2.75, 3.05) is 27.2 Å². The van der Waals surface area contributed by atoms with E-state index < -0.39 is 17.6 Å². The van der Waals surface area contributed by atoms with E-state index in [0.29, 0.717) is 31.5 Å². The van der Waals surface area contributed by atoms with Gasteiger partial charge in [-0.2, -0.15) is 0 Å². The lowest BCUT2D eigenvalue weighted by Crippen LogP contribution is -2.56. The Labute approximate surface area is 175 Å². The minimum absolute atomic E-state index is 0.201. The summed E-state index contributed by atoms with van der Waals surface area (Å²) in [5.74, 6) is -1.12. The maximum absolute atomic E-state index is 12.7. The van der Waals surface area contributed by atoms with Crippen LogP contribution in [0.4, 0.5) is 4.79 Å².